The lowest BCUT2D eigenvalue weighted by Crippen LogP contribution is -2.16. The first-order valence-electron chi connectivity index (χ1n) is 7.47. The van der Waals surface area contributed by atoms with Crippen LogP contribution in [0, 0.1) is 0 Å². The van der Waals surface area contributed by atoms with Crippen molar-refractivity contribution >= 4 is 5.69 Å². The third-order valence-electron chi connectivity index (χ3n) is 3.82. The molecule has 6 nitrogen and oxygen atoms in total. The standard InChI is InChI=1S/C18H15N3O3/c1-23-15-10-19-16-13-4-2-3-5-14(13)20-17(24-18(16)21-15)11-6-8-12(22)9-7-11/h2-10,17,20,22H,1H3. The number of nitrogens with zero attached hydrogens (tertiary/aromatic N) is 2. The molecule has 0 saturated carbocycles. The molecule has 3 aromatic rings. The minimum atomic E-state index is -0.464. The molecule has 120 valence electrons. The Morgan fingerprint density at radius 2 is 1.92 bits per heavy atom. The van der Waals surface area contributed by atoms with Gasteiger partial charge in [0.1, 0.15) is 11.4 Å². The maximum absolute atomic E-state index is 9.49. The largest absolute Gasteiger partial charge is 0.508 e. The molecule has 0 radical (unpaired) electrons. The number of anilines is 1. The van der Waals surface area contributed by atoms with Crippen molar-refractivity contribution in [3.05, 3.63) is 60.3 Å². The van der Waals surface area contributed by atoms with E-state index in [1.54, 1.807) is 30.5 Å². The number of nitrogens with one attached hydrogen (secondary N) is 1. The van der Waals surface area contributed by atoms with Crippen LogP contribution in [0.25, 0.3) is 11.3 Å². The van der Waals surface area contributed by atoms with Crippen molar-refractivity contribution in [3.8, 4) is 28.8 Å². The number of phenolic OH excluding ortho intramolecular Hbond substituents is 1. The van der Waals surface area contributed by atoms with Crippen molar-refractivity contribution in [1.82, 2.24) is 9.97 Å². The Balaban J connectivity index is 1.85. The molecule has 1 aliphatic rings. The Bertz CT molecular complexity index is 881. The molecule has 2 heterocycles. The van der Waals surface area contributed by atoms with Crippen molar-refractivity contribution in [2.75, 3.05) is 12.4 Å². The van der Waals surface area contributed by atoms with Crippen LogP contribution < -0.4 is 14.8 Å². The van der Waals surface area contributed by atoms with E-state index < -0.39 is 6.23 Å². The fourth-order valence-electron chi connectivity index (χ4n) is 2.62. The summed E-state index contributed by atoms with van der Waals surface area (Å²) in [5.74, 6) is 0.983. The highest BCUT2D eigenvalue weighted by Crippen LogP contribution is 2.39. The van der Waals surface area contributed by atoms with E-state index in [4.69, 9.17) is 9.47 Å². The molecular formula is C18H15N3O3. The summed E-state index contributed by atoms with van der Waals surface area (Å²) in [6.45, 7) is 0. The Labute approximate surface area is 138 Å². The van der Waals surface area contributed by atoms with E-state index in [1.807, 2.05) is 24.3 Å². The molecule has 0 saturated heterocycles. The van der Waals surface area contributed by atoms with Crippen LogP contribution in [0.15, 0.2) is 54.7 Å². The third-order valence-corrected chi connectivity index (χ3v) is 3.82. The average Bonchev–Trinajstić information content (AvgIpc) is 2.78. The van der Waals surface area contributed by atoms with Gasteiger partial charge in [-0.05, 0) is 30.3 Å². The van der Waals surface area contributed by atoms with E-state index >= 15 is 0 Å². The van der Waals surface area contributed by atoms with Gasteiger partial charge in [0.15, 0.2) is 6.23 Å². The van der Waals surface area contributed by atoms with Crippen LogP contribution in [0.5, 0.6) is 17.5 Å². The summed E-state index contributed by atoms with van der Waals surface area (Å²) in [5.41, 5.74) is 3.32. The summed E-state index contributed by atoms with van der Waals surface area (Å²) >= 11 is 0. The lowest BCUT2D eigenvalue weighted by atomic mass is 10.1. The number of ether oxygens (including phenoxy) is 2. The number of hydrogen-bond acceptors (Lipinski definition) is 6. The Morgan fingerprint density at radius 1 is 1.12 bits per heavy atom. The SMILES string of the molecule is COc1cnc2c(n1)OC(c1ccc(O)cc1)Nc1ccccc1-2. The summed E-state index contributed by atoms with van der Waals surface area (Å²) < 4.78 is 11.2. The van der Waals surface area contributed by atoms with E-state index in [9.17, 15) is 5.11 Å². The van der Waals surface area contributed by atoms with Gasteiger partial charge < -0.3 is 19.9 Å². The van der Waals surface area contributed by atoms with Crippen molar-refractivity contribution in [3.63, 3.8) is 0 Å². The monoisotopic (exact) mass is 321 g/mol. The van der Waals surface area contributed by atoms with Crippen LogP contribution in [0.4, 0.5) is 5.69 Å². The van der Waals surface area contributed by atoms with Crippen LogP contribution in [-0.2, 0) is 0 Å². The molecule has 0 spiro atoms. The Kier molecular flexibility index (Phi) is 3.42. The summed E-state index contributed by atoms with van der Waals surface area (Å²) in [5, 5.41) is 12.8. The first-order valence-corrected chi connectivity index (χ1v) is 7.47. The molecule has 2 N–H and O–H groups in total. The van der Waals surface area contributed by atoms with Gasteiger partial charge >= 0.3 is 0 Å². The number of aromatic nitrogens is 2. The molecule has 0 bridgehead atoms. The first kappa shape index (κ1) is 14.3. The number of fused-ring (bicyclic) bond motifs is 3. The number of methoxy groups -OCH3 is 1. The number of para-hydroxylation sites is 1. The number of rotatable bonds is 2. The second kappa shape index (κ2) is 5.73. The zero-order valence-corrected chi connectivity index (χ0v) is 12.9. The highest BCUT2D eigenvalue weighted by atomic mass is 16.5. The molecule has 24 heavy (non-hydrogen) atoms. The van der Waals surface area contributed by atoms with Crippen molar-refractivity contribution in [2.45, 2.75) is 6.23 Å². The fourth-order valence-corrected chi connectivity index (χ4v) is 2.62. The van der Waals surface area contributed by atoms with Crippen LogP contribution in [0.2, 0.25) is 0 Å². The van der Waals surface area contributed by atoms with Crippen LogP contribution in [0.3, 0.4) is 0 Å². The number of hydrogen-bond donors (Lipinski definition) is 2. The molecule has 1 unspecified atom stereocenters. The fraction of sp³-hybridized carbons (Fsp3) is 0.111. The van der Waals surface area contributed by atoms with Gasteiger partial charge in [-0.15, -0.1) is 0 Å². The number of phenols is 1. The molecule has 1 aliphatic heterocycles. The highest BCUT2D eigenvalue weighted by Gasteiger charge is 2.25. The van der Waals surface area contributed by atoms with Crippen molar-refractivity contribution in [2.24, 2.45) is 0 Å². The molecule has 1 aromatic heterocycles. The Morgan fingerprint density at radius 3 is 2.71 bits per heavy atom. The zero-order valence-electron chi connectivity index (χ0n) is 12.9. The van der Waals surface area contributed by atoms with Gasteiger partial charge in [-0.25, -0.2) is 4.98 Å². The molecule has 0 fully saturated rings. The van der Waals surface area contributed by atoms with Gasteiger partial charge in [-0.3, -0.25) is 0 Å². The molecule has 2 aromatic carbocycles. The van der Waals surface area contributed by atoms with E-state index in [1.165, 1.54) is 7.11 Å². The van der Waals surface area contributed by atoms with Gasteiger partial charge in [0.05, 0.1) is 13.3 Å². The summed E-state index contributed by atoms with van der Waals surface area (Å²) in [6, 6.07) is 14.7. The quantitative estimate of drug-likeness (QED) is 0.754. The number of benzene rings is 2. The molecule has 6 heteroatoms. The van der Waals surface area contributed by atoms with E-state index in [-0.39, 0.29) is 5.75 Å². The lowest BCUT2D eigenvalue weighted by molar-refractivity contribution is 0.224. The van der Waals surface area contributed by atoms with Crippen molar-refractivity contribution < 1.29 is 14.6 Å². The molecule has 4 rings (SSSR count). The maximum Gasteiger partial charge on any atom is 0.246 e. The van der Waals surface area contributed by atoms with E-state index in [2.05, 4.69) is 15.3 Å². The minimum absolute atomic E-state index is 0.203. The van der Waals surface area contributed by atoms with Crippen molar-refractivity contribution in [1.29, 1.82) is 0 Å². The first-order chi connectivity index (χ1) is 11.7. The zero-order chi connectivity index (χ0) is 16.5. The van der Waals surface area contributed by atoms with E-state index in [0.29, 0.717) is 17.5 Å². The van der Waals surface area contributed by atoms with Gasteiger partial charge in [0.25, 0.3) is 0 Å². The van der Waals surface area contributed by atoms with E-state index in [0.717, 1.165) is 16.8 Å². The van der Waals surface area contributed by atoms with Gasteiger partial charge in [0.2, 0.25) is 11.8 Å². The third kappa shape index (κ3) is 2.48. The molecule has 0 aliphatic carbocycles. The average molecular weight is 321 g/mol. The molecule has 0 amide bonds. The van der Waals surface area contributed by atoms with Gasteiger partial charge in [-0.1, -0.05) is 18.2 Å². The normalized spacial score (nSPS) is 15.3. The molecule has 1 atom stereocenters. The summed E-state index contributed by atoms with van der Waals surface area (Å²) in [7, 11) is 1.54. The number of aromatic hydroxyl groups is 1. The van der Waals surface area contributed by atoms with Gasteiger partial charge in [-0.2, -0.15) is 4.98 Å². The van der Waals surface area contributed by atoms with Crippen LogP contribution >= 0.6 is 0 Å². The van der Waals surface area contributed by atoms with Crippen LogP contribution in [-0.4, -0.2) is 22.2 Å². The smallest absolute Gasteiger partial charge is 0.246 e. The summed E-state index contributed by atoms with van der Waals surface area (Å²) in [6.07, 6.45) is 1.11. The second-order valence-electron chi connectivity index (χ2n) is 5.35. The predicted molar refractivity (Wildman–Crippen MR) is 89.1 cm³/mol. The van der Waals surface area contributed by atoms with Gasteiger partial charge in [0, 0.05) is 16.8 Å². The summed E-state index contributed by atoms with van der Waals surface area (Å²) in [4.78, 5) is 8.83. The second-order valence-corrected chi connectivity index (χ2v) is 5.35. The lowest BCUT2D eigenvalue weighted by Gasteiger charge is -2.19. The predicted octanol–water partition coefficient (Wildman–Crippen LogP) is 3.36. The van der Waals surface area contributed by atoms with Crippen LogP contribution in [0.1, 0.15) is 11.8 Å². The molecular weight excluding hydrogens is 306 g/mol. The maximum atomic E-state index is 9.49. The minimum Gasteiger partial charge on any atom is -0.508 e. The Hall–Kier alpha value is -3.28. The highest BCUT2D eigenvalue weighted by molar-refractivity contribution is 5.79. The topological polar surface area (TPSA) is 76.5 Å².